The van der Waals surface area contributed by atoms with Gasteiger partial charge in [-0.2, -0.15) is 0 Å². The first kappa shape index (κ1) is 17.1. The Morgan fingerprint density at radius 1 is 1.04 bits per heavy atom. The Bertz CT molecular complexity index is 848. The first-order chi connectivity index (χ1) is 11.6. The van der Waals surface area contributed by atoms with Crippen molar-refractivity contribution in [2.45, 2.75) is 17.9 Å². The number of carbonyl (C=O) groups is 1. The van der Waals surface area contributed by atoms with Crippen molar-refractivity contribution >= 4 is 44.4 Å². The number of hydrogen-bond acceptors (Lipinski definition) is 2. The molecule has 1 N–H and O–H groups in total. The number of carbonyl (C=O) groups excluding carboxylic acids is 1. The topological polar surface area (TPSA) is 29.1 Å². The van der Waals surface area contributed by atoms with Crippen molar-refractivity contribution in [2.24, 2.45) is 0 Å². The van der Waals surface area contributed by atoms with E-state index in [0.717, 1.165) is 14.9 Å². The molecule has 0 aliphatic carbocycles. The monoisotopic (exact) mass is 399 g/mol. The SMILES string of the molecule is C[C@H](NC(=O)CSc1ccc2ccccc2c1)c1ccc(Br)cc1. The summed E-state index contributed by atoms with van der Waals surface area (Å²) in [5.41, 5.74) is 1.10. The van der Waals surface area contributed by atoms with Crippen LogP contribution in [0.3, 0.4) is 0 Å². The smallest absolute Gasteiger partial charge is 0.230 e. The molecule has 0 bridgehead atoms. The Morgan fingerprint density at radius 3 is 2.50 bits per heavy atom. The van der Waals surface area contributed by atoms with Crippen LogP contribution in [0.2, 0.25) is 0 Å². The summed E-state index contributed by atoms with van der Waals surface area (Å²) in [5.74, 6) is 0.461. The highest BCUT2D eigenvalue weighted by atomic mass is 79.9. The Hall–Kier alpha value is -1.78. The highest BCUT2D eigenvalue weighted by Gasteiger charge is 2.10. The largest absolute Gasteiger partial charge is 0.349 e. The fourth-order valence-electron chi connectivity index (χ4n) is 2.52. The third-order valence-corrected chi connectivity index (χ3v) is 5.36. The highest BCUT2D eigenvalue weighted by molar-refractivity contribution is 9.10. The number of halogens is 1. The van der Waals surface area contributed by atoms with Gasteiger partial charge in [0.25, 0.3) is 0 Å². The van der Waals surface area contributed by atoms with Crippen molar-refractivity contribution in [3.05, 3.63) is 76.8 Å². The molecular weight excluding hydrogens is 382 g/mol. The van der Waals surface area contributed by atoms with Crippen molar-refractivity contribution in [1.29, 1.82) is 0 Å². The minimum atomic E-state index is 0.00260. The maximum Gasteiger partial charge on any atom is 0.230 e. The zero-order valence-corrected chi connectivity index (χ0v) is 15.7. The second-order valence-electron chi connectivity index (χ2n) is 5.64. The Morgan fingerprint density at radius 2 is 1.75 bits per heavy atom. The number of nitrogens with one attached hydrogen (secondary N) is 1. The molecule has 24 heavy (non-hydrogen) atoms. The summed E-state index contributed by atoms with van der Waals surface area (Å²) in [6.45, 7) is 2.00. The van der Waals surface area contributed by atoms with Crippen LogP contribution in [0.4, 0.5) is 0 Å². The predicted octanol–water partition coefficient (Wildman–Crippen LogP) is 5.57. The van der Waals surface area contributed by atoms with E-state index in [9.17, 15) is 4.79 Å². The second kappa shape index (κ2) is 7.86. The molecule has 0 unspecified atom stereocenters. The molecule has 122 valence electrons. The van der Waals surface area contributed by atoms with Crippen LogP contribution in [0.15, 0.2) is 76.1 Å². The molecule has 0 radical (unpaired) electrons. The van der Waals surface area contributed by atoms with Gasteiger partial charge < -0.3 is 5.32 Å². The van der Waals surface area contributed by atoms with E-state index in [-0.39, 0.29) is 11.9 Å². The first-order valence-corrected chi connectivity index (χ1v) is 9.56. The summed E-state index contributed by atoms with van der Waals surface area (Å²) in [4.78, 5) is 13.3. The first-order valence-electron chi connectivity index (χ1n) is 7.78. The van der Waals surface area contributed by atoms with E-state index in [0.29, 0.717) is 5.75 Å². The molecule has 0 aromatic heterocycles. The molecule has 3 rings (SSSR count). The van der Waals surface area contributed by atoms with Gasteiger partial charge >= 0.3 is 0 Å². The van der Waals surface area contributed by atoms with Gasteiger partial charge in [0.1, 0.15) is 0 Å². The van der Waals surface area contributed by atoms with E-state index in [2.05, 4.69) is 51.6 Å². The van der Waals surface area contributed by atoms with E-state index in [1.807, 2.05) is 43.3 Å². The van der Waals surface area contributed by atoms with Crippen LogP contribution in [0.25, 0.3) is 10.8 Å². The van der Waals surface area contributed by atoms with Crippen LogP contribution < -0.4 is 5.32 Å². The van der Waals surface area contributed by atoms with Crippen molar-refractivity contribution in [2.75, 3.05) is 5.75 Å². The van der Waals surface area contributed by atoms with Crippen molar-refractivity contribution in [3.8, 4) is 0 Å². The number of benzene rings is 3. The third-order valence-electron chi connectivity index (χ3n) is 3.84. The van der Waals surface area contributed by atoms with Gasteiger partial charge in [-0.15, -0.1) is 11.8 Å². The number of thioether (sulfide) groups is 1. The van der Waals surface area contributed by atoms with Gasteiger partial charge in [0, 0.05) is 9.37 Å². The zero-order valence-electron chi connectivity index (χ0n) is 13.3. The molecule has 0 spiro atoms. The number of rotatable bonds is 5. The summed E-state index contributed by atoms with van der Waals surface area (Å²) in [6, 6.07) is 22.6. The summed E-state index contributed by atoms with van der Waals surface area (Å²) < 4.78 is 1.04. The number of fused-ring (bicyclic) bond motifs is 1. The van der Waals surface area contributed by atoms with Gasteiger partial charge in [-0.05, 0) is 47.5 Å². The lowest BCUT2D eigenvalue weighted by atomic mass is 10.1. The molecule has 2 nitrogen and oxygen atoms in total. The number of hydrogen-bond donors (Lipinski definition) is 1. The second-order valence-corrected chi connectivity index (χ2v) is 7.60. The van der Waals surface area contributed by atoms with Crippen LogP contribution >= 0.6 is 27.7 Å². The van der Waals surface area contributed by atoms with Crippen LogP contribution in [0.5, 0.6) is 0 Å². The van der Waals surface area contributed by atoms with Gasteiger partial charge in [-0.3, -0.25) is 4.79 Å². The quantitative estimate of drug-likeness (QED) is 0.567. The minimum Gasteiger partial charge on any atom is -0.349 e. The van der Waals surface area contributed by atoms with Crippen molar-refractivity contribution in [3.63, 3.8) is 0 Å². The van der Waals surface area contributed by atoms with E-state index in [1.165, 1.54) is 10.8 Å². The minimum absolute atomic E-state index is 0.00260. The molecule has 0 heterocycles. The lowest BCUT2D eigenvalue weighted by Gasteiger charge is -2.14. The molecule has 0 saturated heterocycles. The molecule has 0 aliphatic heterocycles. The summed E-state index contributed by atoms with van der Waals surface area (Å²) in [7, 11) is 0. The standard InChI is InChI=1S/C20H18BrNOS/c1-14(15-6-9-18(21)10-7-15)22-20(23)13-24-19-11-8-16-4-2-3-5-17(16)12-19/h2-12,14H,13H2,1H3,(H,22,23)/t14-/m0/s1. The van der Waals surface area contributed by atoms with Gasteiger partial charge in [-0.25, -0.2) is 0 Å². The van der Waals surface area contributed by atoms with Crippen LogP contribution in [-0.2, 0) is 4.79 Å². The molecule has 4 heteroatoms. The zero-order chi connectivity index (χ0) is 16.9. The van der Waals surface area contributed by atoms with E-state index in [4.69, 9.17) is 0 Å². The highest BCUT2D eigenvalue weighted by Crippen LogP contribution is 2.24. The maximum absolute atomic E-state index is 12.2. The summed E-state index contributed by atoms with van der Waals surface area (Å²) in [5, 5.41) is 5.47. The lowest BCUT2D eigenvalue weighted by molar-refractivity contribution is -0.119. The Kier molecular flexibility index (Phi) is 5.59. The van der Waals surface area contributed by atoms with Gasteiger partial charge in [0.05, 0.1) is 11.8 Å². The van der Waals surface area contributed by atoms with Crippen molar-refractivity contribution < 1.29 is 4.79 Å². The summed E-state index contributed by atoms with van der Waals surface area (Å²) >= 11 is 4.99. The molecule has 1 atom stereocenters. The Labute approximate surface area is 154 Å². The third kappa shape index (κ3) is 4.40. The molecular formula is C20H18BrNOS. The molecule has 0 fully saturated rings. The van der Waals surface area contributed by atoms with Crippen molar-refractivity contribution in [1.82, 2.24) is 5.32 Å². The Balaban J connectivity index is 1.57. The summed E-state index contributed by atoms with van der Waals surface area (Å²) in [6.07, 6.45) is 0. The van der Waals surface area contributed by atoms with Crippen LogP contribution in [-0.4, -0.2) is 11.7 Å². The van der Waals surface area contributed by atoms with E-state index < -0.39 is 0 Å². The normalized spacial score (nSPS) is 12.1. The van der Waals surface area contributed by atoms with Gasteiger partial charge in [0.15, 0.2) is 0 Å². The fraction of sp³-hybridized carbons (Fsp3) is 0.150. The molecule has 3 aromatic carbocycles. The molecule has 1 amide bonds. The molecule has 0 saturated carbocycles. The van der Waals surface area contributed by atoms with Gasteiger partial charge in [0.2, 0.25) is 5.91 Å². The van der Waals surface area contributed by atoms with Crippen LogP contribution in [0, 0.1) is 0 Å². The average molecular weight is 400 g/mol. The average Bonchev–Trinajstić information content (AvgIpc) is 2.60. The van der Waals surface area contributed by atoms with Gasteiger partial charge in [-0.1, -0.05) is 58.4 Å². The molecule has 0 aliphatic rings. The van der Waals surface area contributed by atoms with Crippen LogP contribution in [0.1, 0.15) is 18.5 Å². The maximum atomic E-state index is 12.2. The fourth-order valence-corrected chi connectivity index (χ4v) is 3.54. The lowest BCUT2D eigenvalue weighted by Crippen LogP contribution is -2.28. The van der Waals surface area contributed by atoms with E-state index >= 15 is 0 Å². The number of amides is 1. The van der Waals surface area contributed by atoms with E-state index in [1.54, 1.807) is 11.8 Å². The predicted molar refractivity (Wildman–Crippen MR) is 105 cm³/mol. The molecule has 3 aromatic rings.